The van der Waals surface area contributed by atoms with Gasteiger partial charge in [-0.3, -0.25) is 4.79 Å². The van der Waals surface area contributed by atoms with Gasteiger partial charge in [0, 0.05) is 5.56 Å². The Morgan fingerprint density at radius 3 is 2.68 bits per heavy atom. The molecule has 0 amide bonds. The quantitative estimate of drug-likeness (QED) is 0.437. The Labute approximate surface area is 147 Å². The molecular weight excluding hydrogens is 319 g/mol. The number of phenolic OH excluding ortho intramolecular Hbond substituents is 1. The Morgan fingerprint density at radius 2 is 2.08 bits per heavy atom. The third-order valence-electron chi connectivity index (χ3n) is 3.88. The number of halogens is 1. The molecule has 3 nitrogen and oxygen atoms in total. The zero-order chi connectivity index (χ0) is 18.4. The number of hydrogen-bond acceptors (Lipinski definition) is 3. The minimum Gasteiger partial charge on any atom is -0.507 e. The van der Waals surface area contributed by atoms with Gasteiger partial charge < -0.3 is 9.84 Å². The molecule has 0 aliphatic carbocycles. The molecule has 2 aromatic rings. The van der Waals surface area contributed by atoms with Gasteiger partial charge in [-0.05, 0) is 49.1 Å². The Bertz CT molecular complexity index is 822. The predicted molar refractivity (Wildman–Crippen MR) is 98.5 cm³/mol. The second kappa shape index (κ2) is 8.29. The molecule has 0 aliphatic heterocycles. The number of ether oxygens (including phenoxy) is 1. The van der Waals surface area contributed by atoms with Gasteiger partial charge in [0.1, 0.15) is 17.3 Å². The Morgan fingerprint density at radius 1 is 1.32 bits per heavy atom. The van der Waals surface area contributed by atoms with Gasteiger partial charge in [-0.15, -0.1) is 6.58 Å². The van der Waals surface area contributed by atoms with Crippen molar-refractivity contribution in [3.05, 3.63) is 70.6 Å². The number of benzene rings is 2. The van der Waals surface area contributed by atoms with Crippen molar-refractivity contribution in [1.29, 1.82) is 0 Å². The van der Waals surface area contributed by atoms with Crippen molar-refractivity contribution in [2.75, 3.05) is 7.11 Å². The average Bonchev–Trinajstić information content (AvgIpc) is 2.58. The van der Waals surface area contributed by atoms with Gasteiger partial charge >= 0.3 is 0 Å². The van der Waals surface area contributed by atoms with Crippen LogP contribution in [-0.4, -0.2) is 18.5 Å². The third-order valence-corrected chi connectivity index (χ3v) is 3.88. The predicted octanol–water partition coefficient (Wildman–Crippen LogP) is 5.03. The molecule has 1 N–H and O–H groups in total. The van der Waals surface area contributed by atoms with Crippen LogP contribution in [0.5, 0.6) is 11.5 Å². The molecule has 0 aliphatic rings. The minimum absolute atomic E-state index is 0.0884. The fourth-order valence-electron chi connectivity index (χ4n) is 2.54. The van der Waals surface area contributed by atoms with E-state index in [0.717, 1.165) is 5.57 Å². The molecule has 0 unspecified atom stereocenters. The molecule has 0 heterocycles. The molecule has 0 spiro atoms. The number of methoxy groups -OCH3 is 1. The number of rotatable bonds is 7. The van der Waals surface area contributed by atoms with Crippen LogP contribution in [0.25, 0.3) is 12.2 Å². The highest BCUT2D eigenvalue weighted by Gasteiger charge is 2.16. The van der Waals surface area contributed by atoms with Crippen molar-refractivity contribution in [3.8, 4) is 11.5 Å². The standard InChI is InChI=1S/C21H21FO3/c1-14(2)7-10-18-20(25-3)12-16(19(13-23)21(18)24)9-8-15-5-4-6-17(22)11-15/h4-6,8-9,11-13,24H,1,7,10H2,2-3H3/b9-8+. The number of carbonyl (C=O) groups excluding carboxylic acids is 1. The van der Waals surface area contributed by atoms with Crippen molar-refractivity contribution in [2.45, 2.75) is 19.8 Å². The molecule has 0 bridgehead atoms. The van der Waals surface area contributed by atoms with Crippen LogP contribution in [0, 0.1) is 5.82 Å². The first kappa shape index (κ1) is 18.5. The Kier molecular flexibility index (Phi) is 6.12. The molecule has 130 valence electrons. The number of aldehydes is 1. The van der Waals surface area contributed by atoms with Gasteiger partial charge in [0.15, 0.2) is 6.29 Å². The van der Waals surface area contributed by atoms with Crippen LogP contribution in [0.4, 0.5) is 4.39 Å². The zero-order valence-corrected chi connectivity index (χ0v) is 14.4. The van der Waals surface area contributed by atoms with Crippen LogP contribution in [0.1, 0.15) is 40.4 Å². The number of aromatic hydroxyl groups is 1. The molecule has 0 atom stereocenters. The number of carbonyl (C=O) groups is 1. The summed E-state index contributed by atoms with van der Waals surface area (Å²) in [4.78, 5) is 11.5. The van der Waals surface area contributed by atoms with E-state index in [1.807, 2.05) is 6.92 Å². The summed E-state index contributed by atoms with van der Waals surface area (Å²) in [5.41, 5.74) is 2.90. The van der Waals surface area contributed by atoms with Crippen molar-refractivity contribution in [2.24, 2.45) is 0 Å². The third kappa shape index (κ3) is 4.57. The maximum atomic E-state index is 13.3. The van der Waals surface area contributed by atoms with Crippen LogP contribution >= 0.6 is 0 Å². The van der Waals surface area contributed by atoms with Crippen LogP contribution < -0.4 is 4.74 Å². The Balaban J connectivity index is 2.46. The summed E-state index contributed by atoms with van der Waals surface area (Å²) >= 11 is 0. The number of phenols is 1. The molecule has 0 saturated heterocycles. The second-order valence-corrected chi connectivity index (χ2v) is 5.87. The van der Waals surface area contributed by atoms with Crippen LogP contribution in [-0.2, 0) is 6.42 Å². The van der Waals surface area contributed by atoms with Crippen LogP contribution in [0.3, 0.4) is 0 Å². The van der Waals surface area contributed by atoms with E-state index in [1.54, 1.807) is 30.4 Å². The largest absolute Gasteiger partial charge is 0.507 e. The normalized spacial score (nSPS) is 10.8. The number of hydrogen-bond donors (Lipinski definition) is 1. The molecule has 2 aromatic carbocycles. The highest BCUT2D eigenvalue weighted by Crippen LogP contribution is 2.35. The lowest BCUT2D eigenvalue weighted by Gasteiger charge is -2.14. The lowest BCUT2D eigenvalue weighted by atomic mass is 9.97. The van der Waals surface area contributed by atoms with Crippen LogP contribution in [0.15, 0.2) is 42.5 Å². The maximum absolute atomic E-state index is 13.3. The van der Waals surface area contributed by atoms with Gasteiger partial charge in [-0.1, -0.05) is 29.9 Å². The summed E-state index contributed by atoms with van der Waals surface area (Å²) in [6.45, 7) is 5.75. The van der Waals surface area contributed by atoms with Crippen molar-refractivity contribution < 1.29 is 19.0 Å². The fraction of sp³-hybridized carbons (Fsp3) is 0.190. The smallest absolute Gasteiger partial charge is 0.154 e. The summed E-state index contributed by atoms with van der Waals surface area (Å²) in [5, 5.41) is 10.5. The van der Waals surface area contributed by atoms with Gasteiger partial charge in [0.05, 0.1) is 12.7 Å². The van der Waals surface area contributed by atoms with E-state index in [0.29, 0.717) is 41.6 Å². The molecule has 0 saturated carbocycles. The van der Waals surface area contributed by atoms with E-state index in [2.05, 4.69) is 6.58 Å². The maximum Gasteiger partial charge on any atom is 0.154 e. The summed E-state index contributed by atoms with van der Waals surface area (Å²) in [7, 11) is 1.51. The van der Waals surface area contributed by atoms with E-state index in [9.17, 15) is 14.3 Å². The minimum atomic E-state index is -0.340. The first-order chi connectivity index (χ1) is 12.0. The van der Waals surface area contributed by atoms with E-state index in [-0.39, 0.29) is 17.1 Å². The van der Waals surface area contributed by atoms with Crippen molar-refractivity contribution in [1.82, 2.24) is 0 Å². The summed E-state index contributed by atoms with van der Waals surface area (Å²) in [6, 6.07) is 7.80. The van der Waals surface area contributed by atoms with Crippen LogP contribution in [0.2, 0.25) is 0 Å². The second-order valence-electron chi connectivity index (χ2n) is 5.87. The first-order valence-corrected chi connectivity index (χ1v) is 7.92. The summed E-state index contributed by atoms with van der Waals surface area (Å²) in [6.07, 6.45) is 5.16. The van der Waals surface area contributed by atoms with Gasteiger partial charge in [0.2, 0.25) is 0 Å². The molecule has 25 heavy (non-hydrogen) atoms. The van der Waals surface area contributed by atoms with E-state index in [4.69, 9.17) is 4.74 Å². The molecule has 4 heteroatoms. The average molecular weight is 340 g/mol. The topological polar surface area (TPSA) is 46.5 Å². The lowest BCUT2D eigenvalue weighted by molar-refractivity contribution is 0.112. The van der Waals surface area contributed by atoms with E-state index in [1.165, 1.54) is 19.2 Å². The number of allylic oxidation sites excluding steroid dienone is 1. The molecule has 0 aromatic heterocycles. The monoisotopic (exact) mass is 340 g/mol. The van der Waals surface area contributed by atoms with Gasteiger partial charge in [0.25, 0.3) is 0 Å². The van der Waals surface area contributed by atoms with Crippen molar-refractivity contribution >= 4 is 18.4 Å². The van der Waals surface area contributed by atoms with E-state index < -0.39 is 0 Å². The van der Waals surface area contributed by atoms with Gasteiger partial charge in [-0.2, -0.15) is 0 Å². The molecule has 2 rings (SSSR count). The zero-order valence-electron chi connectivity index (χ0n) is 14.4. The molecule has 0 radical (unpaired) electrons. The lowest BCUT2D eigenvalue weighted by Crippen LogP contribution is -1.99. The molecule has 0 fully saturated rings. The first-order valence-electron chi connectivity index (χ1n) is 7.92. The van der Waals surface area contributed by atoms with Crippen molar-refractivity contribution in [3.63, 3.8) is 0 Å². The molecular formula is C21H21FO3. The SMILES string of the molecule is C=C(C)CCc1c(OC)cc(/C=C/c2cccc(F)c2)c(C=O)c1O. The fourth-order valence-corrected chi connectivity index (χ4v) is 2.54. The van der Waals surface area contributed by atoms with E-state index >= 15 is 0 Å². The summed E-state index contributed by atoms with van der Waals surface area (Å²) in [5.74, 6) is 0.0751. The highest BCUT2D eigenvalue weighted by molar-refractivity contribution is 5.89. The summed E-state index contributed by atoms with van der Waals surface area (Å²) < 4.78 is 18.6. The Hall–Kier alpha value is -2.88. The van der Waals surface area contributed by atoms with Gasteiger partial charge in [-0.25, -0.2) is 4.39 Å². The highest BCUT2D eigenvalue weighted by atomic mass is 19.1.